The van der Waals surface area contributed by atoms with Crippen molar-refractivity contribution in [3.8, 4) is 5.75 Å². The number of aryl methyl sites for hydroxylation is 1. The Labute approximate surface area is 110 Å². The molecule has 0 heterocycles. The van der Waals surface area contributed by atoms with Gasteiger partial charge in [0.25, 0.3) is 0 Å². The molecule has 1 aromatic rings. The second-order valence-corrected chi connectivity index (χ2v) is 5.52. The number of carboxylic acids is 1. The quantitative estimate of drug-likeness (QED) is 0.925. The van der Waals surface area contributed by atoms with Gasteiger partial charge in [0.15, 0.2) is 0 Å². The van der Waals surface area contributed by atoms with E-state index in [9.17, 15) is 4.79 Å². The van der Waals surface area contributed by atoms with Crippen molar-refractivity contribution in [2.75, 3.05) is 7.11 Å². The van der Waals surface area contributed by atoms with Gasteiger partial charge in [-0.1, -0.05) is 26.0 Å². The van der Waals surface area contributed by atoms with E-state index in [0.29, 0.717) is 0 Å². The van der Waals surface area contributed by atoms with Gasteiger partial charge in [-0.3, -0.25) is 4.79 Å². The van der Waals surface area contributed by atoms with Crippen molar-refractivity contribution in [2.45, 2.75) is 32.6 Å². The molecule has 0 aliphatic rings. The SMILES string of the molecule is COc1c(C)ccc(C(C)(C)CC(=O)O)c1Br. The van der Waals surface area contributed by atoms with E-state index in [1.165, 1.54) is 0 Å². The zero-order valence-electron chi connectivity index (χ0n) is 10.5. The molecule has 0 spiro atoms. The normalized spacial score (nSPS) is 11.4. The number of halogens is 1. The van der Waals surface area contributed by atoms with Gasteiger partial charge in [0, 0.05) is 5.41 Å². The molecular weight excluding hydrogens is 284 g/mol. The fourth-order valence-corrected chi connectivity index (χ4v) is 3.04. The largest absolute Gasteiger partial charge is 0.495 e. The van der Waals surface area contributed by atoms with Crippen molar-refractivity contribution in [1.29, 1.82) is 0 Å². The predicted molar refractivity (Wildman–Crippen MR) is 70.7 cm³/mol. The molecule has 1 N–H and O–H groups in total. The number of ether oxygens (including phenoxy) is 1. The minimum Gasteiger partial charge on any atom is -0.495 e. The molecule has 94 valence electrons. The monoisotopic (exact) mass is 300 g/mol. The van der Waals surface area contributed by atoms with Gasteiger partial charge in [-0.25, -0.2) is 0 Å². The third-order valence-electron chi connectivity index (χ3n) is 2.82. The molecule has 1 rings (SSSR count). The van der Waals surface area contributed by atoms with Crippen LogP contribution in [-0.4, -0.2) is 18.2 Å². The number of hydrogen-bond donors (Lipinski definition) is 1. The first kappa shape index (κ1) is 14.0. The zero-order chi connectivity index (χ0) is 13.2. The minimum atomic E-state index is -0.804. The molecule has 0 saturated carbocycles. The molecule has 4 heteroatoms. The fraction of sp³-hybridized carbons (Fsp3) is 0.462. The average Bonchev–Trinajstić information content (AvgIpc) is 2.15. The highest BCUT2D eigenvalue weighted by molar-refractivity contribution is 9.10. The Balaban J connectivity index is 3.27. The molecule has 0 bridgehead atoms. The highest BCUT2D eigenvalue weighted by Gasteiger charge is 2.27. The Morgan fingerprint density at radius 1 is 1.47 bits per heavy atom. The number of hydrogen-bond acceptors (Lipinski definition) is 2. The predicted octanol–water partition coefficient (Wildman–Crippen LogP) is 3.52. The minimum absolute atomic E-state index is 0.0812. The summed E-state index contributed by atoms with van der Waals surface area (Å²) in [4.78, 5) is 10.9. The summed E-state index contributed by atoms with van der Waals surface area (Å²) < 4.78 is 6.16. The molecule has 0 aliphatic heterocycles. The van der Waals surface area contributed by atoms with Gasteiger partial charge in [0.1, 0.15) is 5.75 Å². The van der Waals surface area contributed by atoms with E-state index in [1.807, 2.05) is 32.9 Å². The highest BCUT2D eigenvalue weighted by Crippen LogP contribution is 2.39. The van der Waals surface area contributed by atoms with Crippen molar-refractivity contribution < 1.29 is 14.6 Å². The summed E-state index contributed by atoms with van der Waals surface area (Å²) in [6.07, 6.45) is 0.0812. The maximum Gasteiger partial charge on any atom is 0.304 e. The number of carbonyl (C=O) groups is 1. The standard InChI is InChI=1S/C13H17BrO3/c1-8-5-6-9(11(14)12(8)17-4)13(2,3)7-10(15)16/h5-6H,7H2,1-4H3,(H,15,16). The van der Waals surface area contributed by atoms with Gasteiger partial charge in [-0.15, -0.1) is 0 Å². The first-order chi connectivity index (χ1) is 7.79. The lowest BCUT2D eigenvalue weighted by Gasteiger charge is -2.26. The van der Waals surface area contributed by atoms with Crippen molar-refractivity contribution in [3.63, 3.8) is 0 Å². The van der Waals surface area contributed by atoms with E-state index < -0.39 is 11.4 Å². The lowest BCUT2D eigenvalue weighted by Crippen LogP contribution is -2.22. The molecule has 0 fully saturated rings. The number of carboxylic acid groups (broad SMARTS) is 1. The van der Waals surface area contributed by atoms with Gasteiger partial charge in [-0.2, -0.15) is 0 Å². The van der Waals surface area contributed by atoms with E-state index in [2.05, 4.69) is 15.9 Å². The number of aliphatic carboxylic acids is 1. The van der Waals surface area contributed by atoms with Gasteiger partial charge >= 0.3 is 5.97 Å². The topological polar surface area (TPSA) is 46.5 Å². The lowest BCUT2D eigenvalue weighted by molar-refractivity contribution is -0.138. The van der Waals surface area contributed by atoms with Gasteiger partial charge < -0.3 is 9.84 Å². The summed E-state index contributed by atoms with van der Waals surface area (Å²) in [6.45, 7) is 5.78. The molecule has 0 unspecified atom stereocenters. The lowest BCUT2D eigenvalue weighted by atomic mass is 9.81. The Kier molecular flexibility index (Phi) is 4.20. The van der Waals surface area contributed by atoms with Crippen LogP contribution in [0.2, 0.25) is 0 Å². The molecule has 0 aromatic heterocycles. The van der Waals surface area contributed by atoms with Crippen LogP contribution in [0.15, 0.2) is 16.6 Å². The summed E-state index contributed by atoms with van der Waals surface area (Å²) in [7, 11) is 1.61. The number of methoxy groups -OCH3 is 1. The highest BCUT2D eigenvalue weighted by atomic mass is 79.9. The van der Waals surface area contributed by atoms with Crippen molar-refractivity contribution in [3.05, 3.63) is 27.7 Å². The fourth-order valence-electron chi connectivity index (χ4n) is 1.90. The zero-order valence-corrected chi connectivity index (χ0v) is 12.1. The number of rotatable bonds is 4. The smallest absolute Gasteiger partial charge is 0.304 e. The summed E-state index contributed by atoms with van der Waals surface area (Å²) in [5.41, 5.74) is 1.53. The van der Waals surface area contributed by atoms with Gasteiger partial charge in [0.2, 0.25) is 0 Å². The van der Waals surface area contributed by atoms with E-state index in [0.717, 1.165) is 21.3 Å². The molecule has 0 radical (unpaired) electrons. The molecule has 17 heavy (non-hydrogen) atoms. The Bertz CT molecular complexity index is 439. The van der Waals surface area contributed by atoms with E-state index >= 15 is 0 Å². The molecule has 1 aromatic carbocycles. The van der Waals surface area contributed by atoms with Crippen LogP contribution in [0.1, 0.15) is 31.4 Å². The second kappa shape index (κ2) is 5.08. The molecule has 0 atom stereocenters. The van der Waals surface area contributed by atoms with Gasteiger partial charge in [0.05, 0.1) is 18.0 Å². The maximum absolute atomic E-state index is 10.9. The van der Waals surface area contributed by atoms with Crippen LogP contribution in [0.25, 0.3) is 0 Å². The first-order valence-electron chi connectivity index (χ1n) is 5.35. The average molecular weight is 301 g/mol. The van der Waals surface area contributed by atoms with Crippen LogP contribution in [0.5, 0.6) is 5.75 Å². The van der Waals surface area contributed by atoms with Crippen molar-refractivity contribution in [1.82, 2.24) is 0 Å². The van der Waals surface area contributed by atoms with Crippen LogP contribution in [0.4, 0.5) is 0 Å². The van der Waals surface area contributed by atoms with Crippen LogP contribution < -0.4 is 4.74 Å². The summed E-state index contributed by atoms with van der Waals surface area (Å²) in [5.74, 6) is -0.0394. The Hall–Kier alpha value is -1.03. The summed E-state index contributed by atoms with van der Waals surface area (Å²) in [5, 5.41) is 8.94. The Morgan fingerprint density at radius 3 is 2.53 bits per heavy atom. The van der Waals surface area contributed by atoms with E-state index in [1.54, 1.807) is 7.11 Å². The van der Waals surface area contributed by atoms with Gasteiger partial charge in [-0.05, 0) is 34.0 Å². The van der Waals surface area contributed by atoms with Crippen LogP contribution >= 0.6 is 15.9 Å². The van der Waals surface area contributed by atoms with Crippen molar-refractivity contribution >= 4 is 21.9 Å². The molecule has 0 amide bonds. The molecule has 0 saturated heterocycles. The third kappa shape index (κ3) is 3.00. The second-order valence-electron chi connectivity index (χ2n) is 4.73. The maximum atomic E-state index is 10.9. The molecular formula is C13H17BrO3. The van der Waals surface area contributed by atoms with E-state index in [4.69, 9.17) is 9.84 Å². The first-order valence-corrected chi connectivity index (χ1v) is 6.14. The third-order valence-corrected chi connectivity index (χ3v) is 3.61. The van der Waals surface area contributed by atoms with Crippen LogP contribution in [-0.2, 0) is 10.2 Å². The van der Waals surface area contributed by atoms with Crippen molar-refractivity contribution in [2.24, 2.45) is 0 Å². The van der Waals surface area contributed by atoms with E-state index in [-0.39, 0.29) is 6.42 Å². The summed E-state index contributed by atoms with van der Waals surface area (Å²) in [6, 6.07) is 3.90. The molecule has 3 nitrogen and oxygen atoms in total. The summed E-state index contributed by atoms with van der Waals surface area (Å²) >= 11 is 3.50. The van der Waals surface area contributed by atoms with Crippen LogP contribution in [0, 0.1) is 6.92 Å². The molecule has 0 aliphatic carbocycles. The number of benzene rings is 1. The van der Waals surface area contributed by atoms with Crippen LogP contribution in [0.3, 0.4) is 0 Å². The Morgan fingerprint density at radius 2 is 2.06 bits per heavy atom.